The summed E-state index contributed by atoms with van der Waals surface area (Å²) in [6, 6.07) is 28.7. The van der Waals surface area contributed by atoms with Crippen molar-refractivity contribution in [2.24, 2.45) is 0 Å². The number of nitrogens with one attached hydrogen (secondary N) is 2. The minimum atomic E-state index is -0.553. The second kappa shape index (κ2) is 9.98. The number of nitrogens with zero attached hydrogens (tertiary/aromatic N) is 3. The molecule has 0 fully saturated rings. The zero-order valence-corrected chi connectivity index (χ0v) is 21.8. The van der Waals surface area contributed by atoms with Crippen LogP contribution in [0.2, 0.25) is 0 Å². The largest absolute Gasteiger partial charge is 0.497 e. The first-order valence-corrected chi connectivity index (χ1v) is 12.6. The van der Waals surface area contributed by atoms with Crippen LogP contribution in [-0.2, 0) is 4.79 Å². The second-order valence-electron chi connectivity index (χ2n) is 9.23. The lowest BCUT2D eigenvalue weighted by atomic mass is 9.95. The Labute approximate surface area is 225 Å². The summed E-state index contributed by atoms with van der Waals surface area (Å²) in [6.45, 7) is 1.88. The van der Waals surface area contributed by atoms with Crippen molar-refractivity contribution >= 4 is 28.3 Å². The van der Waals surface area contributed by atoms with Gasteiger partial charge >= 0.3 is 0 Å². The van der Waals surface area contributed by atoms with E-state index in [4.69, 9.17) is 19.6 Å². The maximum Gasteiger partial charge on any atom is 0.255 e. The van der Waals surface area contributed by atoms with Crippen LogP contribution in [0.25, 0.3) is 22.2 Å². The van der Waals surface area contributed by atoms with Gasteiger partial charge in [-0.05, 0) is 47.5 Å². The summed E-state index contributed by atoms with van der Waals surface area (Å²) in [5, 5.41) is 13.5. The molecular weight excluding hydrogens is 490 g/mol. The molecule has 8 nitrogen and oxygen atoms in total. The third-order valence-corrected chi connectivity index (χ3v) is 6.89. The number of fused-ring (bicyclic) bond motifs is 2. The van der Waals surface area contributed by atoms with Crippen molar-refractivity contribution in [3.8, 4) is 22.9 Å². The van der Waals surface area contributed by atoms with Gasteiger partial charge in [-0.3, -0.25) is 4.79 Å². The van der Waals surface area contributed by atoms with Crippen molar-refractivity contribution < 1.29 is 14.3 Å². The van der Waals surface area contributed by atoms with Crippen LogP contribution in [0.3, 0.4) is 0 Å². The van der Waals surface area contributed by atoms with E-state index in [0.29, 0.717) is 40.2 Å². The maximum atomic E-state index is 13.9. The molecule has 0 aliphatic carbocycles. The maximum absolute atomic E-state index is 13.9. The fraction of sp³-hybridized carbons (Fsp3) is 0.129. The highest BCUT2D eigenvalue weighted by atomic mass is 16.5. The van der Waals surface area contributed by atoms with E-state index in [1.54, 1.807) is 18.9 Å². The Morgan fingerprint density at radius 1 is 0.923 bits per heavy atom. The lowest BCUT2D eigenvalue weighted by Crippen LogP contribution is -2.31. The Hall–Kier alpha value is -5.11. The van der Waals surface area contributed by atoms with E-state index in [1.165, 1.54) is 0 Å². The smallest absolute Gasteiger partial charge is 0.255 e. The van der Waals surface area contributed by atoms with Crippen LogP contribution < -0.4 is 20.1 Å². The number of allylic oxidation sites excluding steroid dienone is 1. The van der Waals surface area contributed by atoms with Gasteiger partial charge in [0.05, 0.1) is 25.5 Å². The van der Waals surface area contributed by atoms with Gasteiger partial charge in [-0.25, -0.2) is 4.68 Å². The first kappa shape index (κ1) is 24.2. The highest BCUT2D eigenvalue weighted by molar-refractivity contribution is 6.06. The number of rotatable bonds is 6. The van der Waals surface area contributed by atoms with Crippen molar-refractivity contribution in [2.75, 3.05) is 24.9 Å². The van der Waals surface area contributed by atoms with Crippen LogP contribution >= 0.6 is 0 Å². The van der Waals surface area contributed by atoms with Gasteiger partial charge < -0.3 is 20.1 Å². The molecule has 1 aliphatic rings. The third kappa shape index (κ3) is 4.35. The zero-order valence-electron chi connectivity index (χ0n) is 21.8. The standard InChI is InChI=1S/C31H27N5O3/c1-19-27(30(37)33-25-16-6-7-17-26(25)39-3)28(21-12-8-13-22(18-21)38-2)36-31(32-19)34-29(35-36)24-15-9-11-20-10-4-5-14-23(20)24/h4-18,28H,1-3H3,(H,33,37)(H,32,34,35). The number of amides is 1. The molecule has 0 saturated heterocycles. The van der Waals surface area contributed by atoms with Crippen LogP contribution in [0.5, 0.6) is 11.5 Å². The molecule has 194 valence electrons. The van der Waals surface area contributed by atoms with E-state index in [2.05, 4.69) is 28.8 Å². The summed E-state index contributed by atoms with van der Waals surface area (Å²) in [7, 11) is 3.20. The van der Waals surface area contributed by atoms with E-state index in [0.717, 1.165) is 21.9 Å². The lowest BCUT2D eigenvalue weighted by molar-refractivity contribution is -0.113. The summed E-state index contributed by atoms with van der Waals surface area (Å²) in [5.74, 6) is 2.11. The molecule has 39 heavy (non-hydrogen) atoms. The van der Waals surface area contributed by atoms with Gasteiger partial charge in [0.1, 0.15) is 17.5 Å². The number of benzene rings is 4. The van der Waals surface area contributed by atoms with Crippen molar-refractivity contribution in [2.45, 2.75) is 13.0 Å². The number of hydrogen-bond donors (Lipinski definition) is 2. The molecule has 0 saturated carbocycles. The summed E-state index contributed by atoms with van der Waals surface area (Å²) >= 11 is 0. The molecule has 1 unspecified atom stereocenters. The quantitative estimate of drug-likeness (QED) is 0.285. The van der Waals surface area contributed by atoms with Crippen LogP contribution in [-0.4, -0.2) is 34.9 Å². The van der Waals surface area contributed by atoms with E-state index in [9.17, 15) is 4.79 Å². The zero-order chi connectivity index (χ0) is 26.9. The van der Waals surface area contributed by atoms with E-state index < -0.39 is 6.04 Å². The average Bonchev–Trinajstić information content (AvgIpc) is 3.39. The second-order valence-corrected chi connectivity index (χ2v) is 9.23. The van der Waals surface area contributed by atoms with Gasteiger partial charge in [-0.2, -0.15) is 4.98 Å². The minimum absolute atomic E-state index is 0.273. The molecule has 1 aliphatic heterocycles. The molecule has 0 radical (unpaired) electrons. The van der Waals surface area contributed by atoms with E-state index >= 15 is 0 Å². The summed E-state index contributed by atoms with van der Waals surface area (Å²) in [4.78, 5) is 18.8. The molecule has 1 aromatic heterocycles. The number of carbonyl (C=O) groups excluding carboxylic acids is 1. The van der Waals surface area contributed by atoms with Crippen LogP contribution in [0, 0.1) is 0 Å². The molecular formula is C31H27N5O3. The molecule has 5 aromatic rings. The summed E-state index contributed by atoms with van der Waals surface area (Å²) in [5.41, 5.74) is 3.53. The normalized spacial score (nSPS) is 14.5. The Morgan fingerprint density at radius 3 is 2.54 bits per heavy atom. The predicted molar refractivity (Wildman–Crippen MR) is 152 cm³/mol. The number of methoxy groups -OCH3 is 2. The van der Waals surface area contributed by atoms with Crippen molar-refractivity contribution in [3.63, 3.8) is 0 Å². The number of carbonyl (C=O) groups is 1. The molecule has 1 amide bonds. The fourth-order valence-corrected chi connectivity index (χ4v) is 5.04. The van der Waals surface area contributed by atoms with Gasteiger partial charge in [0.25, 0.3) is 5.91 Å². The lowest BCUT2D eigenvalue weighted by Gasteiger charge is -2.29. The highest BCUT2D eigenvalue weighted by Gasteiger charge is 2.35. The van der Waals surface area contributed by atoms with Gasteiger partial charge in [0, 0.05) is 11.3 Å². The van der Waals surface area contributed by atoms with E-state index in [-0.39, 0.29) is 5.91 Å². The topological polar surface area (TPSA) is 90.3 Å². The Kier molecular flexibility index (Phi) is 6.20. The Bertz CT molecular complexity index is 1730. The molecule has 0 spiro atoms. The van der Waals surface area contributed by atoms with Gasteiger partial charge in [0.15, 0.2) is 5.82 Å². The first-order chi connectivity index (χ1) is 19.1. The number of para-hydroxylation sites is 2. The van der Waals surface area contributed by atoms with Gasteiger partial charge in [0.2, 0.25) is 5.95 Å². The first-order valence-electron chi connectivity index (χ1n) is 12.6. The average molecular weight is 518 g/mol. The number of aromatic nitrogens is 3. The molecule has 2 N–H and O–H groups in total. The van der Waals surface area contributed by atoms with Crippen molar-refractivity contribution in [1.29, 1.82) is 0 Å². The van der Waals surface area contributed by atoms with Gasteiger partial charge in [-0.1, -0.05) is 66.7 Å². The molecule has 2 heterocycles. The SMILES string of the molecule is COc1cccc(C2C(C(=O)Nc3ccccc3OC)=C(C)Nc3nc(-c4cccc5ccccc45)nn32)c1. The summed E-state index contributed by atoms with van der Waals surface area (Å²) in [6.07, 6.45) is 0. The minimum Gasteiger partial charge on any atom is -0.497 e. The highest BCUT2D eigenvalue weighted by Crippen LogP contribution is 2.39. The van der Waals surface area contributed by atoms with Gasteiger partial charge in [-0.15, -0.1) is 5.10 Å². The third-order valence-electron chi connectivity index (χ3n) is 6.89. The Morgan fingerprint density at radius 2 is 1.69 bits per heavy atom. The van der Waals surface area contributed by atoms with E-state index in [1.807, 2.05) is 79.7 Å². The van der Waals surface area contributed by atoms with Crippen LogP contribution in [0.1, 0.15) is 18.5 Å². The molecule has 1 atom stereocenters. The molecule has 4 aromatic carbocycles. The molecule has 6 rings (SSSR count). The van der Waals surface area contributed by atoms with Crippen molar-refractivity contribution in [3.05, 3.63) is 108 Å². The molecule has 8 heteroatoms. The van der Waals surface area contributed by atoms with Crippen molar-refractivity contribution in [1.82, 2.24) is 14.8 Å². The van der Waals surface area contributed by atoms with Crippen LogP contribution in [0.15, 0.2) is 102 Å². The number of anilines is 2. The number of hydrogen-bond acceptors (Lipinski definition) is 6. The number of ether oxygens (including phenoxy) is 2. The predicted octanol–water partition coefficient (Wildman–Crippen LogP) is 6.04. The Balaban J connectivity index is 1.48. The fourth-order valence-electron chi connectivity index (χ4n) is 5.04. The molecule has 0 bridgehead atoms. The summed E-state index contributed by atoms with van der Waals surface area (Å²) < 4.78 is 12.7. The monoisotopic (exact) mass is 517 g/mol. The van der Waals surface area contributed by atoms with Crippen LogP contribution in [0.4, 0.5) is 11.6 Å².